The van der Waals surface area contributed by atoms with Gasteiger partial charge in [0.15, 0.2) is 0 Å². The lowest BCUT2D eigenvalue weighted by Crippen LogP contribution is -2.11. The molecule has 0 aliphatic rings. The Hall–Kier alpha value is -1.31. The van der Waals surface area contributed by atoms with E-state index in [1.165, 1.54) is 0 Å². The van der Waals surface area contributed by atoms with E-state index in [-0.39, 0.29) is 0 Å². The number of nitriles is 1. The second kappa shape index (κ2) is 7.10. The van der Waals surface area contributed by atoms with Gasteiger partial charge in [0.1, 0.15) is 6.07 Å². The fourth-order valence-corrected chi connectivity index (χ4v) is 1.63. The molecule has 0 aliphatic heterocycles. The fraction of sp³-hybridized carbons (Fsp3) is 0.308. The van der Waals surface area contributed by atoms with Gasteiger partial charge in [-0.1, -0.05) is 28.1 Å². The molecule has 4 heteroatoms. The molecular formula is C13H15BrN2O. The van der Waals surface area contributed by atoms with Gasteiger partial charge in [0.05, 0.1) is 24.5 Å². The van der Waals surface area contributed by atoms with Crippen LogP contribution in [0.5, 0.6) is 0 Å². The highest BCUT2D eigenvalue weighted by Crippen LogP contribution is 2.20. The zero-order valence-electron chi connectivity index (χ0n) is 9.79. The zero-order chi connectivity index (χ0) is 12.7. The van der Waals surface area contributed by atoms with Crippen molar-refractivity contribution in [3.05, 3.63) is 40.4 Å². The second-order valence-corrected chi connectivity index (χ2v) is 4.65. The van der Waals surface area contributed by atoms with Crippen LogP contribution >= 0.6 is 15.9 Å². The Kier molecular flexibility index (Phi) is 5.75. The number of hydrogen-bond donors (Lipinski definition) is 1. The average Bonchev–Trinajstić information content (AvgIpc) is 2.28. The van der Waals surface area contributed by atoms with Crippen molar-refractivity contribution in [3.8, 4) is 6.07 Å². The summed E-state index contributed by atoms with van der Waals surface area (Å²) in [5.41, 5.74) is 2.46. The number of nitrogens with one attached hydrogen (secondary N) is 1. The predicted octanol–water partition coefficient (Wildman–Crippen LogP) is 3.33. The Labute approximate surface area is 110 Å². The van der Waals surface area contributed by atoms with Crippen LogP contribution in [0, 0.1) is 11.3 Å². The van der Waals surface area contributed by atoms with Crippen LogP contribution in [-0.2, 0) is 4.74 Å². The predicted molar refractivity (Wildman–Crippen MR) is 73.0 cm³/mol. The first-order chi connectivity index (χ1) is 8.13. The Morgan fingerprint density at radius 3 is 3.00 bits per heavy atom. The van der Waals surface area contributed by atoms with Gasteiger partial charge in [-0.15, -0.1) is 0 Å². The van der Waals surface area contributed by atoms with Crippen LogP contribution in [0.4, 0.5) is 5.69 Å². The van der Waals surface area contributed by atoms with Crippen LogP contribution in [0.15, 0.2) is 34.8 Å². The molecule has 0 aromatic heterocycles. The molecule has 0 amide bonds. The molecule has 1 aromatic carbocycles. The molecule has 0 aliphatic carbocycles. The molecule has 0 unspecified atom stereocenters. The lowest BCUT2D eigenvalue weighted by Gasteiger charge is -2.09. The maximum absolute atomic E-state index is 8.94. The van der Waals surface area contributed by atoms with Crippen molar-refractivity contribution < 1.29 is 4.74 Å². The van der Waals surface area contributed by atoms with Crippen LogP contribution in [0.25, 0.3) is 0 Å². The van der Waals surface area contributed by atoms with E-state index in [9.17, 15) is 0 Å². The van der Waals surface area contributed by atoms with E-state index in [0.717, 1.165) is 15.7 Å². The fourth-order valence-electron chi connectivity index (χ4n) is 1.26. The lowest BCUT2D eigenvalue weighted by molar-refractivity contribution is 0.167. The molecule has 3 nitrogen and oxygen atoms in total. The monoisotopic (exact) mass is 294 g/mol. The summed E-state index contributed by atoms with van der Waals surface area (Å²) in [5, 5.41) is 12.1. The highest BCUT2D eigenvalue weighted by atomic mass is 79.9. The number of rotatable bonds is 6. The van der Waals surface area contributed by atoms with Crippen LogP contribution in [0.2, 0.25) is 0 Å². The third-order valence-corrected chi connectivity index (χ3v) is 2.51. The Morgan fingerprint density at radius 2 is 2.35 bits per heavy atom. The molecule has 0 bridgehead atoms. The number of halogens is 1. The minimum atomic E-state index is 0.575. The van der Waals surface area contributed by atoms with E-state index in [4.69, 9.17) is 10.00 Å². The van der Waals surface area contributed by atoms with Crippen molar-refractivity contribution in [2.45, 2.75) is 6.92 Å². The maximum Gasteiger partial charge on any atom is 0.101 e. The summed E-state index contributed by atoms with van der Waals surface area (Å²) >= 11 is 3.37. The highest BCUT2D eigenvalue weighted by molar-refractivity contribution is 9.10. The number of ether oxygens (including phenoxy) is 1. The summed E-state index contributed by atoms with van der Waals surface area (Å²) in [7, 11) is 0. The van der Waals surface area contributed by atoms with Crippen molar-refractivity contribution in [3.63, 3.8) is 0 Å². The van der Waals surface area contributed by atoms with Gasteiger partial charge in [0, 0.05) is 11.0 Å². The number of anilines is 1. The first kappa shape index (κ1) is 13.8. The van der Waals surface area contributed by atoms with Crippen LogP contribution in [-0.4, -0.2) is 19.8 Å². The molecule has 0 saturated carbocycles. The van der Waals surface area contributed by atoms with E-state index >= 15 is 0 Å². The molecular weight excluding hydrogens is 280 g/mol. The van der Waals surface area contributed by atoms with Gasteiger partial charge < -0.3 is 10.1 Å². The summed E-state index contributed by atoms with van der Waals surface area (Å²) in [4.78, 5) is 0. The van der Waals surface area contributed by atoms with Gasteiger partial charge in [0.25, 0.3) is 0 Å². The van der Waals surface area contributed by atoms with Crippen molar-refractivity contribution in [1.82, 2.24) is 0 Å². The van der Waals surface area contributed by atoms with Crippen LogP contribution < -0.4 is 5.32 Å². The normalized spacial score (nSPS) is 9.71. The van der Waals surface area contributed by atoms with Gasteiger partial charge in [-0.25, -0.2) is 0 Å². The van der Waals surface area contributed by atoms with Gasteiger partial charge >= 0.3 is 0 Å². The van der Waals surface area contributed by atoms with Crippen LogP contribution in [0.1, 0.15) is 12.5 Å². The Balaban J connectivity index is 2.43. The van der Waals surface area contributed by atoms with Crippen molar-refractivity contribution in [1.29, 1.82) is 5.26 Å². The lowest BCUT2D eigenvalue weighted by atomic mass is 10.2. The van der Waals surface area contributed by atoms with E-state index in [0.29, 0.717) is 25.3 Å². The van der Waals surface area contributed by atoms with E-state index in [1.807, 2.05) is 19.1 Å². The van der Waals surface area contributed by atoms with E-state index < -0.39 is 0 Å². The summed E-state index contributed by atoms with van der Waals surface area (Å²) < 4.78 is 6.31. The molecule has 0 fully saturated rings. The van der Waals surface area contributed by atoms with Gasteiger partial charge in [-0.3, -0.25) is 0 Å². The smallest absolute Gasteiger partial charge is 0.101 e. The molecule has 0 spiro atoms. The minimum Gasteiger partial charge on any atom is -0.382 e. The molecule has 0 heterocycles. The Morgan fingerprint density at radius 1 is 1.59 bits per heavy atom. The summed E-state index contributed by atoms with van der Waals surface area (Å²) in [5.74, 6) is 0. The number of nitrogens with zero attached hydrogens (tertiary/aromatic N) is 1. The largest absolute Gasteiger partial charge is 0.382 e. The minimum absolute atomic E-state index is 0.575. The average molecular weight is 295 g/mol. The van der Waals surface area contributed by atoms with Crippen LogP contribution in [0.3, 0.4) is 0 Å². The van der Waals surface area contributed by atoms with Crippen molar-refractivity contribution in [2.24, 2.45) is 0 Å². The first-order valence-electron chi connectivity index (χ1n) is 5.29. The molecule has 0 saturated heterocycles. The summed E-state index contributed by atoms with van der Waals surface area (Å²) in [6, 6.07) is 7.66. The highest BCUT2D eigenvalue weighted by Gasteiger charge is 2.01. The molecule has 90 valence electrons. The SMILES string of the molecule is C=C(C)COCCNc1cc(Br)ccc1C#N. The van der Waals surface area contributed by atoms with Crippen molar-refractivity contribution in [2.75, 3.05) is 25.1 Å². The second-order valence-electron chi connectivity index (χ2n) is 3.74. The molecule has 1 N–H and O–H groups in total. The van der Waals surface area contributed by atoms with E-state index in [2.05, 4.69) is 33.9 Å². The van der Waals surface area contributed by atoms with Gasteiger partial charge in [-0.2, -0.15) is 5.26 Å². The molecule has 1 aromatic rings. The quantitative estimate of drug-likeness (QED) is 0.647. The number of benzene rings is 1. The molecule has 0 radical (unpaired) electrons. The third kappa shape index (κ3) is 5.03. The first-order valence-corrected chi connectivity index (χ1v) is 6.08. The summed E-state index contributed by atoms with van der Waals surface area (Å²) in [6.45, 7) is 7.51. The number of hydrogen-bond acceptors (Lipinski definition) is 3. The molecule has 17 heavy (non-hydrogen) atoms. The topological polar surface area (TPSA) is 45.0 Å². The van der Waals surface area contributed by atoms with Gasteiger partial charge in [0.2, 0.25) is 0 Å². The molecule has 1 rings (SSSR count). The summed E-state index contributed by atoms with van der Waals surface area (Å²) in [6.07, 6.45) is 0. The van der Waals surface area contributed by atoms with E-state index in [1.54, 1.807) is 6.07 Å². The van der Waals surface area contributed by atoms with Crippen molar-refractivity contribution >= 4 is 21.6 Å². The molecule has 0 atom stereocenters. The maximum atomic E-state index is 8.94. The zero-order valence-corrected chi connectivity index (χ0v) is 11.4. The van der Waals surface area contributed by atoms with Gasteiger partial charge in [-0.05, 0) is 25.1 Å². The standard InChI is InChI=1S/C13H15BrN2O/c1-10(2)9-17-6-5-16-13-7-12(14)4-3-11(13)8-15/h3-4,7,16H,1,5-6,9H2,2H3. The Bertz CT molecular complexity index is 438. The third-order valence-electron chi connectivity index (χ3n) is 2.01.